The van der Waals surface area contributed by atoms with E-state index in [4.69, 9.17) is 16.7 Å². The highest BCUT2D eigenvalue weighted by Gasteiger charge is 2.45. The molecule has 0 amide bonds. The minimum Gasteiger partial charge on any atom is -0.481 e. The molecule has 3 rings (SSSR count). The molecular formula is C13H10ClNO2. The molecule has 1 saturated carbocycles. The van der Waals surface area contributed by atoms with Crippen LogP contribution in [-0.4, -0.2) is 16.1 Å². The molecule has 0 saturated heterocycles. The molecule has 1 aromatic carbocycles. The molecule has 0 spiro atoms. The molecule has 86 valence electrons. The topological polar surface area (TPSA) is 50.2 Å². The molecule has 1 aliphatic rings. The Balaban J connectivity index is 2.09. The summed E-state index contributed by atoms with van der Waals surface area (Å²) in [5.74, 6) is -0.955. The van der Waals surface area contributed by atoms with Crippen molar-refractivity contribution in [2.45, 2.75) is 12.3 Å². The predicted molar refractivity (Wildman–Crippen MR) is 65.2 cm³/mol. The summed E-state index contributed by atoms with van der Waals surface area (Å²) in [4.78, 5) is 15.2. The molecule has 2 aromatic rings. The zero-order chi connectivity index (χ0) is 12.0. The quantitative estimate of drug-likeness (QED) is 0.887. The number of fused-ring (bicyclic) bond motifs is 1. The van der Waals surface area contributed by atoms with Crippen LogP contribution in [0.15, 0.2) is 30.5 Å². The first-order chi connectivity index (χ1) is 8.16. The number of rotatable bonds is 2. The van der Waals surface area contributed by atoms with Gasteiger partial charge >= 0.3 is 5.97 Å². The van der Waals surface area contributed by atoms with Crippen molar-refractivity contribution in [1.29, 1.82) is 0 Å². The Morgan fingerprint density at radius 1 is 1.41 bits per heavy atom. The van der Waals surface area contributed by atoms with Crippen LogP contribution in [-0.2, 0) is 4.79 Å². The number of hydrogen-bond donors (Lipinski definition) is 1. The fourth-order valence-electron chi connectivity index (χ4n) is 2.24. The highest BCUT2D eigenvalue weighted by Crippen LogP contribution is 2.48. The number of nitrogens with zero attached hydrogens (tertiary/aromatic N) is 1. The van der Waals surface area contributed by atoms with Crippen molar-refractivity contribution in [1.82, 2.24) is 4.98 Å². The lowest BCUT2D eigenvalue weighted by atomic mass is 10.1. The Labute approximate surface area is 103 Å². The molecule has 1 aliphatic carbocycles. The molecule has 2 atom stereocenters. The molecule has 3 nitrogen and oxygen atoms in total. The summed E-state index contributed by atoms with van der Waals surface area (Å²) in [5, 5.41) is 11.7. The van der Waals surface area contributed by atoms with Gasteiger partial charge in [-0.05, 0) is 30.0 Å². The smallest absolute Gasteiger partial charge is 0.307 e. The van der Waals surface area contributed by atoms with Crippen molar-refractivity contribution in [3.8, 4) is 0 Å². The van der Waals surface area contributed by atoms with Crippen LogP contribution < -0.4 is 0 Å². The van der Waals surface area contributed by atoms with Crippen molar-refractivity contribution in [2.24, 2.45) is 5.92 Å². The van der Waals surface area contributed by atoms with Crippen LogP contribution >= 0.6 is 11.6 Å². The minimum atomic E-state index is -0.734. The van der Waals surface area contributed by atoms with Crippen molar-refractivity contribution in [3.63, 3.8) is 0 Å². The number of carboxylic acids is 1. The van der Waals surface area contributed by atoms with Gasteiger partial charge in [-0.2, -0.15) is 0 Å². The lowest BCUT2D eigenvalue weighted by Gasteiger charge is -2.04. The minimum absolute atomic E-state index is 0.0531. The van der Waals surface area contributed by atoms with Gasteiger partial charge in [0.15, 0.2) is 0 Å². The van der Waals surface area contributed by atoms with E-state index in [1.54, 1.807) is 6.20 Å². The van der Waals surface area contributed by atoms with Gasteiger partial charge in [-0.25, -0.2) is 0 Å². The Kier molecular flexibility index (Phi) is 2.30. The van der Waals surface area contributed by atoms with E-state index < -0.39 is 5.97 Å². The Morgan fingerprint density at radius 2 is 2.24 bits per heavy atom. The van der Waals surface area contributed by atoms with Crippen LogP contribution in [0, 0.1) is 5.92 Å². The number of hydrogen-bond acceptors (Lipinski definition) is 2. The van der Waals surface area contributed by atoms with Gasteiger partial charge in [0, 0.05) is 22.5 Å². The van der Waals surface area contributed by atoms with Crippen molar-refractivity contribution in [3.05, 3.63) is 41.2 Å². The van der Waals surface area contributed by atoms with E-state index in [0.717, 1.165) is 16.5 Å². The third-order valence-electron chi connectivity index (χ3n) is 3.22. The third-order valence-corrected chi connectivity index (χ3v) is 3.45. The largest absolute Gasteiger partial charge is 0.481 e. The second-order valence-electron chi connectivity index (χ2n) is 4.35. The summed E-state index contributed by atoms with van der Waals surface area (Å²) in [7, 11) is 0. The van der Waals surface area contributed by atoms with E-state index in [0.29, 0.717) is 11.4 Å². The molecule has 1 fully saturated rings. The molecule has 4 heteroatoms. The standard InChI is InChI=1S/C13H10ClNO2/c14-8-1-2-9-7(5-8)3-4-15-12(9)10-6-11(10)13(16)17/h1-5,10-11H,6H2,(H,16,17)/t10?,11-/m0/s1. The number of pyridine rings is 1. The molecule has 1 aromatic heterocycles. The fourth-order valence-corrected chi connectivity index (χ4v) is 2.42. The first-order valence-corrected chi connectivity index (χ1v) is 5.81. The molecular weight excluding hydrogens is 238 g/mol. The van der Waals surface area contributed by atoms with Gasteiger partial charge in [0.2, 0.25) is 0 Å². The van der Waals surface area contributed by atoms with E-state index in [1.807, 2.05) is 24.3 Å². The average molecular weight is 248 g/mol. The first kappa shape index (κ1) is 10.5. The SMILES string of the molecule is O=C(O)[C@H]1CC1c1nccc2cc(Cl)ccc12. The summed E-state index contributed by atoms with van der Waals surface area (Å²) < 4.78 is 0. The normalized spacial score (nSPS) is 22.6. The summed E-state index contributed by atoms with van der Waals surface area (Å²) in [6, 6.07) is 7.49. The molecule has 0 aliphatic heterocycles. The van der Waals surface area contributed by atoms with Crippen LogP contribution in [0.3, 0.4) is 0 Å². The van der Waals surface area contributed by atoms with Gasteiger partial charge in [0.25, 0.3) is 0 Å². The highest BCUT2D eigenvalue weighted by molar-refractivity contribution is 6.31. The second-order valence-corrected chi connectivity index (χ2v) is 4.79. The molecule has 17 heavy (non-hydrogen) atoms. The Bertz CT molecular complexity index is 611. The predicted octanol–water partition coefficient (Wildman–Crippen LogP) is 3.08. The zero-order valence-corrected chi connectivity index (χ0v) is 9.69. The highest BCUT2D eigenvalue weighted by atomic mass is 35.5. The molecule has 1 N–H and O–H groups in total. The number of benzene rings is 1. The Hall–Kier alpha value is -1.61. The number of carboxylic acid groups (broad SMARTS) is 1. The first-order valence-electron chi connectivity index (χ1n) is 5.44. The molecule has 1 unspecified atom stereocenters. The lowest BCUT2D eigenvalue weighted by molar-refractivity contribution is -0.138. The number of halogens is 1. The van der Waals surface area contributed by atoms with Crippen molar-refractivity contribution in [2.75, 3.05) is 0 Å². The number of carbonyl (C=O) groups is 1. The van der Waals surface area contributed by atoms with Crippen molar-refractivity contribution >= 4 is 28.3 Å². The van der Waals surface area contributed by atoms with Gasteiger partial charge in [-0.15, -0.1) is 0 Å². The molecule has 0 radical (unpaired) electrons. The summed E-state index contributed by atoms with van der Waals surface area (Å²) >= 11 is 5.93. The van der Waals surface area contributed by atoms with Crippen LogP contribution in [0.1, 0.15) is 18.0 Å². The van der Waals surface area contributed by atoms with E-state index in [2.05, 4.69) is 4.98 Å². The summed E-state index contributed by atoms with van der Waals surface area (Å²) in [6.45, 7) is 0. The fraction of sp³-hybridized carbons (Fsp3) is 0.231. The second kappa shape index (κ2) is 3.70. The Morgan fingerprint density at radius 3 is 2.94 bits per heavy atom. The van der Waals surface area contributed by atoms with Crippen LogP contribution in [0.25, 0.3) is 10.8 Å². The maximum absolute atomic E-state index is 10.9. The molecule has 1 heterocycles. The lowest BCUT2D eigenvalue weighted by Crippen LogP contribution is -2.00. The van der Waals surface area contributed by atoms with Gasteiger partial charge in [-0.3, -0.25) is 9.78 Å². The zero-order valence-electron chi connectivity index (χ0n) is 8.93. The maximum atomic E-state index is 10.9. The monoisotopic (exact) mass is 247 g/mol. The van der Waals surface area contributed by atoms with Crippen LogP contribution in [0.4, 0.5) is 0 Å². The number of aromatic nitrogens is 1. The van der Waals surface area contributed by atoms with Gasteiger partial charge < -0.3 is 5.11 Å². The van der Waals surface area contributed by atoms with Gasteiger partial charge in [-0.1, -0.05) is 17.7 Å². The third kappa shape index (κ3) is 1.76. The summed E-state index contributed by atoms with van der Waals surface area (Å²) in [5.41, 5.74) is 0.881. The van der Waals surface area contributed by atoms with Crippen LogP contribution in [0.5, 0.6) is 0 Å². The van der Waals surface area contributed by atoms with Crippen molar-refractivity contribution < 1.29 is 9.90 Å². The average Bonchev–Trinajstić information content (AvgIpc) is 3.07. The van der Waals surface area contributed by atoms with Gasteiger partial charge in [0.05, 0.1) is 11.6 Å². The maximum Gasteiger partial charge on any atom is 0.307 e. The van der Waals surface area contributed by atoms with Gasteiger partial charge in [0.1, 0.15) is 0 Å². The van der Waals surface area contributed by atoms with E-state index >= 15 is 0 Å². The summed E-state index contributed by atoms with van der Waals surface area (Å²) in [6.07, 6.45) is 2.40. The van der Waals surface area contributed by atoms with E-state index in [9.17, 15) is 4.79 Å². The number of aliphatic carboxylic acids is 1. The molecule has 0 bridgehead atoms. The van der Waals surface area contributed by atoms with E-state index in [1.165, 1.54) is 0 Å². The van der Waals surface area contributed by atoms with Crippen LogP contribution in [0.2, 0.25) is 5.02 Å². The van der Waals surface area contributed by atoms with E-state index in [-0.39, 0.29) is 11.8 Å².